The quantitative estimate of drug-likeness (QED) is 0.907. The summed E-state index contributed by atoms with van der Waals surface area (Å²) in [6, 6.07) is 5.34. The Morgan fingerprint density at radius 3 is 2.18 bits per heavy atom. The second-order valence-electron chi connectivity index (χ2n) is 6.91. The first kappa shape index (κ1) is 17.4. The van der Waals surface area contributed by atoms with Crippen molar-refractivity contribution in [3.8, 4) is 0 Å². The van der Waals surface area contributed by atoms with Crippen molar-refractivity contribution in [3.63, 3.8) is 0 Å². The van der Waals surface area contributed by atoms with Gasteiger partial charge in [-0.25, -0.2) is 8.42 Å². The molecule has 1 fully saturated rings. The summed E-state index contributed by atoms with van der Waals surface area (Å²) in [5.41, 5.74) is 7.89. The van der Waals surface area contributed by atoms with Crippen molar-refractivity contribution in [1.82, 2.24) is 9.21 Å². The summed E-state index contributed by atoms with van der Waals surface area (Å²) < 4.78 is 27.0. The summed E-state index contributed by atoms with van der Waals surface area (Å²) in [5, 5.41) is 0. The summed E-state index contributed by atoms with van der Waals surface area (Å²) in [6.45, 7) is 11.2. The molecule has 0 radical (unpaired) electrons. The van der Waals surface area contributed by atoms with Crippen molar-refractivity contribution in [2.45, 2.75) is 38.1 Å². The Morgan fingerprint density at radius 2 is 1.68 bits per heavy atom. The predicted molar refractivity (Wildman–Crippen MR) is 89.4 cm³/mol. The van der Waals surface area contributed by atoms with E-state index in [0.29, 0.717) is 18.0 Å². The van der Waals surface area contributed by atoms with Crippen molar-refractivity contribution >= 4 is 10.0 Å². The van der Waals surface area contributed by atoms with Crippen LogP contribution in [0.1, 0.15) is 25.0 Å². The molecule has 1 saturated heterocycles. The van der Waals surface area contributed by atoms with E-state index in [2.05, 4.69) is 4.90 Å². The van der Waals surface area contributed by atoms with Gasteiger partial charge in [0.05, 0.1) is 4.90 Å². The number of sulfonamides is 1. The van der Waals surface area contributed by atoms with E-state index in [1.807, 2.05) is 33.8 Å². The van der Waals surface area contributed by atoms with Crippen LogP contribution in [-0.4, -0.2) is 55.9 Å². The summed E-state index contributed by atoms with van der Waals surface area (Å²) in [6.07, 6.45) is 0. The minimum Gasteiger partial charge on any atom is -0.324 e. The van der Waals surface area contributed by atoms with Gasteiger partial charge in [-0.05, 0) is 51.0 Å². The molecule has 1 aromatic carbocycles. The summed E-state index contributed by atoms with van der Waals surface area (Å²) in [7, 11) is -3.39. The van der Waals surface area contributed by atoms with E-state index >= 15 is 0 Å². The van der Waals surface area contributed by atoms with E-state index in [1.165, 1.54) is 0 Å². The number of aryl methyl sites for hydroxylation is 2. The van der Waals surface area contributed by atoms with Gasteiger partial charge < -0.3 is 5.73 Å². The van der Waals surface area contributed by atoms with Gasteiger partial charge >= 0.3 is 0 Å². The Balaban J connectivity index is 2.08. The molecule has 0 unspecified atom stereocenters. The Hall–Kier alpha value is -0.950. The molecule has 0 aliphatic carbocycles. The van der Waals surface area contributed by atoms with Gasteiger partial charge in [0.25, 0.3) is 0 Å². The first-order valence-electron chi connectivity index (χ1n) is 7.68. The van der Waals surface area contributed by atoms with Crippen LogP contribution in [0.15, 0.2) is 23.1 Å². The van der Waals surface area contributed by atoms with Gasteiger partial charge in [0, 0.05) is 38.3 Å². The molecule has 1 aromatic rings. The van der Waals surface area contributed by atoms with Crippen LogP contribution in [0, 0.1) is 13.8 Å². The van der Waals surface area contributed by atoms with Crippen LogP contribution in [0.2, 0.25) is 0 Å². The number of nitrogens with zero attached hydrogens (tertiary/aromatic N) is 2. The number of rotatable bonds is 4. The number of piperazine rings is 1. The maximum atomic E-state index is 12.7. The lowest BCUT2D eigenvalue weighted by Crippen LogP contribution is -2.53. The minimum atomic E-state index is -3.39. The van der Waals surface area contributed by atoms with Crippen LogP contribution < -0.4 is 5.73 Å². The third kappa shape index (κ3) is 4.07. The first-order chi connectivity index (χ1) is 10.1. The number of benzene rings is 1. The highest BCUT2D eigenvalue weighted by Crippen LogP contribution is 2.20. The number of nitrogens with two attached hydrogens (primary N) is 1. The van der Waals surface area contributed by atoms with Crippen LogP contribution >= 0.6 is 0 Å². The lowest BCUT2D eigenvalue weighted by molar-refractivity contribution is 0.162. The lowest BCUT2D eigenvalue weighted by atomic mass is 10.1. The summed E-state index contributed by atoms with van der Waals surface area (Å²) >= 11 is 0. The van der Waals surface area contributed by atoms with Gasteiger partial charge in [0.1, 0.15) is 0 Å². The highest BCUT2D eigenvalue weighted by atomic mass is 32.2. The molecule has 22 heavy (non-hydrogen) atoms. The fourth-order valence-electron chi connectivity index (χ4n) is 2.73. The molecule has 2 N–H and O–H groups in total. The molecule has 1 aliphatic heterocycles. The van der Waals surface area contributed by atoms with Crippen molar-refractivity contribution in [3.05, 3.63) is 29.3 Å². The highest BCUT2D eigenvalue weighted by molar-refractivity contribution is 7.89. The molecular formula is C16H27N3O2S. The van der Waals surface area contributed by atoms with Gasteiger partial charge in [-0.15, -0.1) is 0 Å². The summed E-state index contributed by atoms with van der Waals surface area (Å²) in [5.74, 6) is 0. The van der Waals surface area contributed by atoms with E-state index in [1.54, 1.807) is 16.4 Å². The fourth-order valence-corrected chi connectivity index (χ4v) is 4.24. The van der Waals surface area contributed by atoms with Crippen LogP contribution in [0.3, 0.4) is 0 Å². The molecule has 0 spiro atoms. The molecule has 1 heterocycles. The van der Waals surface area contributed by atoms with Gasteiger partial charge in [0.15, 0.2) is 0 Å². The largest absolute Gasteiger partial charge is 0.324 e. The average molecular weight is 325 g/mol. The number of hydrogen-bond acceptors (Lipinski definition) is 4. The third-order valence-electron chi connectivity index (χ3n) is 4.08. The van der Waals surface area contributed by atoms with E-state index < -0.39 is 10.0 Å². The molecule has 5 nitrogen and oxygen atoms in total. The maximum Gasteiger partial charge on any atom is 0.243 e. The van der Waals surface area contributed by atoms with Crippen LogP contribution in [-0.2, 0) is 10.0 Å². The zero-order valence-corrected chi connectivity index (χ0v) is 14.8. The Morgan fingerprint density at radius 1 is 1.09 bits per heavy atom. The molecule has 0 aromatic heterocycles. The van der Waals surface area contributed by atoms with Gasteiger partial charge in [0.2, 0.25) is 10.0 Å². The second-order valence-corrected chi connectivity index (χ2v) is 8.85. The fraction of sp³-hybridized carbons (Fsp3) is 0.625. The molecule has 1 aliphatic rings. The average Bonchev–Trinajstić information content (AvgIpc) is 2.40. The normalized spacial score (nSPS) is 18.6. The van der Waals surface area contributed by atoms with Crippen LogP contribution in [0.25, 0.3) is 0 Å². The van der Waals surface area contributed by atoms with Gasteiger partial charge in [-0.2, -0.15) is 4.31 Å². The maximum absolute atomic E-state index is 12.7. The summed E-state index contributed by atoms with van der Waals surface area (Å²) in [4.78, 5) is 2.62. The van der Waals surface area contributed by atoms with E-state index in [9.17, 15) is 8.42 Å². The molecule has 6 heteroatoms. The molecule has 2 rings (SSSR count). The van der Waals surface area contributed by atoms with Crippen LogP contribution in [0.5, 0.6) is 0 Å². The van der Waals surface area contributed by atoms with Crippen molar-refractivity contribution in [2.75, 3.05) is 32.7 Å². The lowest BCUT2D eigenvalue weighted by Gasteiger charge is -2.37. The van der Waals surface area contributed by atoms with Crippen molar-refractivity contribution in [1.29, 1.82) is 0 Å². The number of hydrogen-bond donors (Lipinski definition) is 1. The predicted octanol–water partition coefficient (Wildman–Crippen LogP) is 1.35. The topological polar surface area (TPSA) is 66.6 Å². The molecular weight excluding hydrogens is 298 g/mol. The SMILES string of the molecule is Cc1ccc(S(=O)(=O)N2CCN(CC(C)(C)N)CC2)cc1C. The minimum absolute atomic E-state index is 0.255. The third-order valence-corrected chi connectivity index (χ3v) is 5.97. The van der Waals surface area contributed by atoms with Crippen molar-refractivity contribution in [2.24, 2.45) is 5.73 Å². The molecule has 0 amide bonds. The Kier molecular flexibility index (Phi) is 4.96. The van der Waals surface area contributed by atoms with Crippen LogP contribution in [0.4, 0.5) is 0 Å². The van der Waals surface area contributed by atoms with Gasteiger partial charge in [-0.1, -0.05) is 6.07 Å². The molecule has 0 atom stereocenters. The second kappa shape index (κ2) is 6.28. The highest BCUT2D eigenvalue weighted by Gasteiger charge is 2.29. The monoisotopic (exact) mass is 325 g/mol. The van der Waals surface area contributed by atoms with E-state index in [4.69, 9.17) is 5.73 Å². The molecule has 0 saturated carbocycles. The Labute approximate surface area is 134 Å². The molecule has 124 valence electrons. The van der Waals surface area contributed by atoms with E-state index in [-0.39, 0.29) is 5.54 Å². The van der Waals surface area contributed by atoms with Gasteiger partial charge in [-0.3, -0.25) is 4.90 Å². The zero-order chi connectivity index (χ0) is 16.5. The van der Waals surface area contributed by atoms with E-state index in [0.717, 1.165) is 30.8 Å². The molecule has 0 bridgehead atoms. The standard InChI is InChI=1S/C16H27N3O2S/c1-13-5-6-15(11-14(13)2)22(20,21)19-9-7-18(8-10-19)12-16(3,4)17/h5-6,11H,7-10,12,17H2,1-4H3. The zero-order valence-electron chi connectivity index (χ0n) is 14.0. The van der Waals surface area contributed by atoms with Crippen molar-refractivity contribution < 1.29 is 8.42 Å². The Bertz CT molecular complexity index is 627. The first-order valence-corrected chi connectivity index (χ1v) is 9.12. The smallest absolute Gasteiger partial charge is 0.243 e.